The molecule has 2 rings (SSSR count). The van der Waals surface area contributed by atoms with Crippen LogP contribution in [0.15, 0.2) is 12.1 Å². The Bertz CT molecular complexity index is 548. The van der Waals surface area contributed by atoms with Crippen LogP contribution < -0.4 is 10.6 Å². The Kier molecular flexibility index (Phi) is 4.49. The molecule has 0 aromatic heterocycles. The summed E-state index contributed by atoms with van der Waals surface area (Å²) in [7, 11) is 0. The van der Waals surface area contributed by atoms with Crippen LogP contribution in [0.1, 0.15) is 18.9 Å². The summed E-state index contributed by atoms with van der Waals surface area (Å²) in [5.41, 5.74) is 1.85. The Morgan fingerprint density at radius 3 is 2.90 bits per heavy atom. The van der Waals surface area contributed by atoms with Gasteiger partial charge in [0.1, 0.15) is 5.69 Å². The molecular weight excluding hydrogens is 278 g/mol. The highest BCUT2D eigenvalue weighted by atomic mass is 32.2. The summed E-state index contributed by atoms with van der Waals surface area (Å²) >= 11 is 1.69. The third-order valence-electron chi connectivity index (χ3n) is 3.26. The first-order valence-electron chi connectivity index (χ1n) is 6.41. The fourth-order valence-corrected chi connectivity index (χ4v) is 2.93. The van der Waals surface area contributed by atoms with Gasteiger partial charge in [0.2, 0.25) is 5.91 Å². The van der Waals surface area contributed by atoms with Crippen LogP contribution in [0.4, 0.5) is 17.1 Å². The second-order valence-corrected chi connectivity index (χ2v) is 5.62. The van der Waals surface area contributed by atoms with Crippen LogP contribution in [0.5, 0.6) is 0 Å². The third-order valence-corrected chi connectivity index (χ3v) is 4.00. The average molecular weight is 295 g/mol. The van der Waals surface area contributed by atoms with Gasteiger partial charge in [-0.1, -0.05) is 6.92 Å². The highest BCUT2D eigenvalue weighted by Crippen LogP contribution is 2.35. The number of carbonyl (C=O) groups is 1. The van der Waals surface area contributed by atoms with Crippen LogP contribution in [0.2, 0.25) is 0 Å². The minimum absolute atomic E-state index is 0.0276. The molecule has 20 heavy (non-hydrogen) atoms. The van der Waals surface area contributed by atoms with Gasteiger partial charge < -0.3 is 10.6 Å². The van der Waals surface area contributed by atoms with Crippen molar-refractivity contribution in [1.82, 2.24) is 0 Å². The number of thioether (sulfide) groups is 1. The monoisotopic (exact) mass is 295 g/mol. The van der Waals surface area contributed by atoms with Gasteiger partial charge >= 0.3 is 0 Å². The molecule has 1 aromatic carbocycles. The van der Waals surface area contributed by atoms with Gasteiger partial charge in [0.15, 0.2) is 0 Å². The van der Waals surface area contributed by atoms with E-state index in [2.05, 4.69) is 10.6 Å². The Morgan fingerprint density at radius 2 is 2.30 bits per heavy atom. The molecule has 108 valence electrons. The average Bonchev–Trinajstić information content (AvgIpc) is 2.76. The highest BCUT2D eigenvalue weighted by molar-refractivity contribution is 7.98. The van der Waals surface area contributed by atoms with E-state index in [4.69, 9.17) is 0 Å². The van der Waals surface area contributed by atoms with Crippen LogP contribution in [0, 0.1) is 10.1 Å². The van der Waals surface area contributed by atoms with E-state index in [1.54, 1.807) is 17.8 Å². The number of hydrogen-bond donors (Lipinski definition) is 2. The van der Waals surface area contributed by atoms with Gasteiger partial charge in [-0.3, -0.25) is 14.9 Å². The first kappa shape index (κ1) is 14.6. The first-order chi connectivity index (χ1) is 9.55. The van der Waals surface area contributed by atoms with Crippen molar-refractivity contribution in [2.75, 3.05) is 22.6 Å². The minimum atomic E-state index is -0.406. The molecule has 0 aliphatic carbocycles. The van der Waals surface area contributed by atoms with Gasteiger partial charge in [-0.05, 0) is 24.3 Å². The minimum Gasteiger partial charge on any atom is -0.376 e. The van der Waals surface area contributed by atoms with E-state index in [1.165, 1.54) is 6.07 Å². The molecule has 2 N–H and O–H groups in total. The molecule has 1 heterocycles. The standard InChI is InChI=1S/C13H17N3O3S/c1-3-9(7-20-2)14-11-6-10-8(5-13(17)15-10)4-12(11)16(18)19/h4,6,9,14H,3,5,7H2,1-2H3,(H,15,17). The zero-order valence-electron chi connectivity index (χ0n) is 11.4. The number of carbonyl (C=O) groups excluding carboxylic acids is 1. The summed E-state index contributed by atoms with van der Waals surface area (Å²) in [6.45, 7) is 2.04. The molecule has 1 atom stereocenters. The van der Waals surface area contributed by atoms with Crippen molar-refractivity contribution in [3.8, 4) is 0 Å². The molecule has 1 unspecified atom stereocenters. The number of anilines is 2. The van der Waals surface area contributed by atoms with E-state index in [-0.39, 0.29) is 24.1 Å². The maximum absolute atomic E-state index is 11.4. The lowest BCUT2D eigenvalue weighted by Gasteiger charge is -2.17. The van der Waals surface area contributed by atoms with Crippen LogP contribution >= 0.6 is 11.8 Å². The van der Waals surface area contributed by atoms with Crippen molar-refractivity contribution in [3.63, 3.8) is 0 Å². The molecule has 1 aliphatic rings. The summed E-state index contributed by atoms with van der Waals surface area (Å²) < 4.78 is 0. The number of fused-ring (bicyclic) bond motifs is 1. The Balaban J connectivity index is 2.33. The Morgan fingerprint density at radius 1 is 1.55 bits per heavy atom. The van der Waals surface area contributed by atoms with Crippen LogP contribution in [0.25, 0.3) is 0 Å². The van der Waals surface area contributed by atoms with Crippen molar-refractivity contribution in [2.24, 2.45) is 0 Å². The molecular formula is C13H17N3O3S. The summed E-state index contributed by atoms with van der Waals surface area (Å²) in [6, 6.07) is 3.32. The number of hydrogen-bond acceptors (Lipinski definition) is 5. The molecule has 0 fully saturated rings. The molecule has 0 bridgehead atoms. The summed E-state index contributed by atoms with van der Waals surface area (Å²) in [6.07, 6.45) is 3.08. The molecule has 0 radical (unpaired) electrons. The van der Waals surface area contributed by atoms with Gasteiger partial charge in [0.05, 0.1) is 11.3 Å². The number of amides is 1. The van der Waals surface area contributed by atoms with Gasteiger partial charge in [0, 0.05) is 23.5 Å². The van der Waals surface area contributed by atoms with Gasteiger partial charge in [-0.25, -0.2) is 0 Å². The number of nitrogens with zero attached hydrogens (tertiary/aromatic N) is 1. The van der Waals surface area contributed by atoms with Crippen molar-refractivity contribution in [3.05, 3.63) is 27.8 Å². The van der Waals surface area contributed by atoms with E-state index >= 15 is 0 Å². The lowest BCUT2D eigenvalue weighted by Crippen LogP contribution is -2.21. The molecule has 6 nitrogen and oxygen atoms in total. The SMILES string of the molecule is CCC(CSC)Nc1cc2c(cc1[N+](=O)[O-])CC(=O)N2. The van der Waals surface area contributed by atoms with Crippen molar-refractivity contribution in [2.45, 2.75) is 25.8 Å². The Hall–Kier alpha value is -1.76. The second-order valence-electron chi connectivity index (χ2n) is 4.71. The number of nitro groups is 1. The summed E-state index contributed by atoms with van der Waals surface area (Å²) in [5, 5.41) is 17.1. The van der Waals surface area contributed by atoms with E-state index in [0.29, 0.717) is 16.9 Å². The lowest BCUT2D eigenvalue weighted by molar-refractivity contribution is -0.384. The molecule has 1 aliphatic heterocycles. The first-order valence-corrected chi connectivity index (χ1v) is 7.81. The molecule has 0 saturated carbocycles. The number of nitro benzene ring substituents is 1. The van der Waals surface area contributed by atoms with E-state index in [9.17, 15) is 14.9 Å². The third kappa shape index (κ3) is 3.04. The molecule has 0 spiro atoms. The molecule has 7 heteroatoms. The zero-order chi connectivity index (χ0) is 14.7. The van der Waals surface area contributed by atoms with Gasteiger partial charge in [-0.2, -0.15) is 11.8 Å². The number of nitrogens with one attached hydrogen (secondary N) is 2. The normalized spacial score (nSPS) is 14.6. The molecule has 0 saturated heterocycles. The molecule has 1 amide bonds. The fourth-order valence-electron chi connectivity index (χ4n) is 2.21. The second kappa shape index (κ2) is 6.13. The quantitative estimate of drug-likeness (QED) is 0.622. The topological polar surface area (TPSA) is 84.3 Å². The smallest absolute Gasteiger partial charge is 0.292 e. The zero-order valence-corrected chi connectivity index (χ0v) is 12.3. The van der Waals surface area contributed by atoms with E-state index < -0.39 is 4.92 Å². The number of benzene rings is 1. The summed E-state index contributed by atoms with van der Waals surface area (Å²) in [4.78, 5) is 22.1. The van der Waals surface area contributed by atoms with Gasteiger partial charge in [0.25, 0.3) is 5.69 Å². The highest BCUT2D eigenvalue weighted by Gasteiger charge is 2.25. The van der Waals surface area contributed by atoms with Crippen LogP contribution in [-0.2, 0) is 11.2 Å². The maximum Gasteiger partial charge on any atom is 0.292 e. The number of rotatable bonds is 6. The summed E-state index contributed by atoms with van der Waals surface area (Å²) in [5.74, 6) is 0.750. The van der Waals surface area contributed by atoms with Gasteiger partial charge in [-0.15, -0.1) is 0 Å². The van der Waals surface area contributed by atoms with E-state index in [1.807, 2.05) is 13.2 Å². The van der Waals surface area contributed by atoms with Crippen molar-refractivity contribution in [1.29, 1.82) is 0 Å². The predicted molar refractivity (Wildman–Crippen MR) is 81.5 cm³/mol. The van der Waals surface area contributed by atoms with Crippen molar-refractivity contribution >= 4 is 34.7 Å². The van der Waals surface area contributed by atoms with E-state index in [0.717, 1.165) is 12.2 Å². The lowest BCUT2D eigenvalue weighted by atomic mass is 10.1. The Labute approximate surface area is 121 Å². The van der Waals surface area contributed by atoms with Crippen LogP contribution in [-0.4, -0.2) is 28.9 Å². The maximum atomic E-state index is 11.4. The predicted octanol–water partition coefficient (Wildman–Crippen LogP) is 2.64. The van der Waals surface area contributed by atoms with Crippen molar-refractivity contribution < 1.29 is 9.72 Å². The van der Waals surface area contributed by atoms with Crippen LogP contribution in [0.3, 0.4) is 0 Å². The fraction of sp³-hybridized carbons (Fsp3) is 0.462. The largest absolute Gasteiger partial charge is 0.376 e. The molecule has 1 aromatic rings.